The van der Waals surface area contributed by atoms with E-state index >= 15 is 0 Å². The van der Waals surface area contributed by atoms with Crippen molar-refractivity contribution in [1.29, 1.82) is 0 Å². The average molecular weight is 231 g/mol. The summed E-state index contributed by atoms with van der Waals surface area (Å²) < 4.78 is 0. The first-order chi connectivity index (χ1) is 6.65. The third-order valence-electron chi connectivity index (χ3n) is 3.23. The van der Waals surface area contributed by atoms with Crippen LogP contribution in [0.15, 0.2) is 11.6 Å². The maximum absolute atomic E-state index is 6.03. The van der Waals surface area contributed by atoms with E-state index in [9.17, 15) is 0 Å². The van der Waals surface area contributed by atoms with Crippen molar-refractivity contribution in [3.8, 4) is 0 Å². The first-order valence-electron chi connectivity index (χ1n) is 4.86. The van der Waals surface area contributed by atoms with Crippen LogP contribution in [0.4, 0.5) is 5.13 Å². The number of alkyl halides is 1. The number of halogens is 1. The second kappa shape index (κ2) is 3.70. The highest BCUT2D eigenvalue weighted by atomic mass is 35.5. The van der Waals surface area contributed by atoms with E-state index in [1.54, 1.807) is 11.3 Å². The average Bonchev–Trinajstić information content (AvgIpc) is 2.76. The molecule has 2 atom stereocenters. The summed E-state index contributed by atoms with van der Waals surface area (Å²) in [4.78, 5) is 6.68. The monoisotopic (exact) mass is 230 g/mol. The van der Waals surface area contributed by atoms with Crippen LogP contribution in [-0.4, -0.2) is 24.0 Å². The van der Waals surface area contributed by atoms with Crippen LogP contribution < -0.4 is 4.90 Å². The minimum atomic E-state index is 0.243. The number of thiazole rings is 1. The largest absolute Gasteiger partial charge is 0.347 e. The van der Waals surface area contributed by atoms with Gasteiger partial charge in [-0.3, -0.25) is 0 Å². The van der Waals surface area contributed by atoms with E-state index in [2.05, 4.69) is 23.7 Å². The molecule has 2 rings (SSSR count). The highest BCUT2D eigenvalue weighted by Crippen LogP contribution is 2.39. The Morgan fingerprint density at radius 2 is 2.57 bits per heavy atom. The Hall–Kier alpha value is -0.280. The lowest BCUT2D eigenvalue weighted by Gasteiger charge is -2.24. The summed E-state index contributed by atoms with van der Waals surface area (Å²) in [5.74, 6) is 1.37. The lowest BCUT2D eigenvalue weighted by molar-refractivity contribution is 0.317. The molecule has 0 N–H and O–H groups in total. The van der Waals surface area contributed by atoms with Gasteiger partial charge < -0.3 is 4.90 Å². The molecule has 0 bridgehead atoms. The molecule has 2 unspecified atom stereocenters. The summed E-state index contributed by atoms with van der Waals surface area (Å²) in [7, 11) is 0. The molecule has 0 amide bonds. The van der Waals surface area contributed by atoms with Gasteiger partial charge in [-0.2, -0.15) is 0 Å². The van der Waals surface area contributed by atoms with Crippen LogP contribution in [-0.2, 0) is 0 Å². The van der Waals surface area contributed by atoms with E-state index < -0.39 is 0 Å². The van der Waals surface area contributed by atoms with Gasteiger partial charge in [0.1, 0.15) is 0 Å². The quantitative estimate of drug-likeness (QED) is 0.727. The lowest BCUT2D eigenvalue weighted by Crippen LogP contribution is -2.27. The van der Waals surface area contributed by atoms with E-state index in [1.807, 2.05) is 11.6 Å². The Morgan fingerprint density at radius 1 is 1.79 bits per heavy atom. The van der Waals surface area contributed by atoms with Crippen LogP contribution in [0.2, 0.25) is 0 Å². The van der Waals surface area contributed by atoms with E-state index in [4.69, 9.17) is 11.6 Å². The van der Waals surface area contributed by atoms with Crippen molar-refractivity contribution in [2.24, 2.45) is 11.3 Å². The predicted octanol–water partition coefficient (Wildman–Crippen LogP) is 2.84. The zero-order valence-electron chi connectivity index (χ0n) is 8.53. The van der Waals surface area contributed by atoms with E-state index in [0.717, 1.165) is 24.1 Å². The van der Waals surface area contributed by atoms with E-state index in [0.29, 0.717) is 5.92 Å². The fraction of sp³-hybridized carbons (Fsp3) is 0.700. The van der Waals surface area contributed by atoms with Crippen molar-refractivity contribution in [1.82, 2.24) is 4.98 Å². The van der Waals surface area contributed by atoms with Crippen molar-refractivity contribution in [2.75, 3.05) is 23.9 Å². The maximum Gasteiger partial charge on any atom is 0.185 e. The van der Waals surface area contributed by atoms with Gasteiger partial charge in [-0.15, -0.1) is 22.9 Å². The molecule has 78 valence electrons. The molecule has 14 heavy (non-hydrogen) atoms. The number of hydrogen-bond acceptors (Lipinski definition) is 3. The minimum Gasteiger partial charge on any atom is -0.347 e. The molecule has 0 saturated carbocycles. The van der Waals surface area contributed by atoms with Crippen LogP contribution in [0, 0.1) is 11.3 Å². The first-order valence-corrected chi connectivity index (χ1v) is 6.27. The molecule has 0 aromatic carbocycles. The number of rotatable bonds is 2. The third kappa shape index (κ3) is 1.63. The summed E-state index contributed by atoms with van der Waals surface area (Å²) in [6.07, 6.45) is 1.86. The second-order valence-corrected chi connectivity index (χ2v) is 5.52. The van der Waals surface area contributed by atoms with Crippen LogP contribution in [0.1, 0.15) is 13.8 Å². The third-order valence-corrected chi connectivity index (χ3v) is 4.67. The van der Waals surface area contributed by atoms with Crippen LogP contribution in [0.3, 0.4) is 0 Å². The molecule has 4 heteroatoms. The fourth-order valence-electron chi connectivity index (χ4n) is 1.90. The fourth-order valence-corrected chi connectivity index (χ4v) is 2.90. The van der Waals surface area contributed by atoms with Gasteiger partial charge in [0.05, 0.1) is 0 Å². The summed E-state index contributed by atoms with van der Waals surface area (Å²) in [6.45, 7) is 6.65. The van der Waals surface area contributed by atoms with E-state index in [1.165, 1.54) is 0 Å². The molecule has 0 radical (unpaired) electrons. The summed E-state index contributed by atoms with van der Waals surface area (Å²) >= 11 is 7.73. The Bertz CT molecular complexity index is 301. The van der Waals surface area contributed by atoms with Gasteiger partial charge in [0, 0.05) is 36.0 Å². The highest BCUT2D eigenvalue weighted by Gasteiger charge is 2.40. The number of aromatic nitrogens is 1. The molecule has 1 fully saturated rings. The number of anilines is 1. The molecule has 0 spiro atoms. The molecule has 1 aromatic heterocycles. The summed E-state index contributed by atoms with van der Waals surface area (Å²) in [5, 5.41) is 3.15. The van der Waals surface area contributed by atoms with Crippen molar-refractivity contribution in [2.45, 2.75) is 13.8 Å². The van der Waals surface area contributed by atoms with E-state index in [-0.39, 0.29) is 5.41 Å². The Balaban J connectivity index is 2.14. The SMILES string of the molecule is CC1CN(c2nccs2)CC1(C)CCl. The second-order valence-electron chi connectivity index (χ2n) is 4.38. The van der Waals surface area contributed by atoms with Crippen molar-refractivity contribution in [3.63, 3.8) is 0 Å². The van der Waals surface area contributed by atoms with Gasteiger partial charge in [0.2, 0.25) is 0 Å². The molecular weight excluding hydrogens is 216 g/mol. The molecule has 1 aliphatic heterocycles. The number of nitrogens with zero attached hydrogens (tertiary/aromatic N) is 2. The molecule has 2 nitrogen and oxygen atoms in total. The molecular formula is C10H15ClN2S. The highest BCUT2D eigenvalue weighted by molar-refractivity contribution is 7.13. The normalized spacial score (nSPS) is 32.5. The van der Waals surface area contributed by atoms with Crippen LogP contribution in [0.5, 0.6) is 0 Å². The number of hydrogen-bond donors (Lipinski definition) is 0. The molecule has 1 aromatic rings. The standard InChI is InChI=1S/C10H15ClN2S/c1-8-5-13(7-10(8,2)6-11)9-12-3-4-14-9/h3-4,8H,5-7H2,1-2H3. The molecule has 1 saturated heterocycles. The maximum atomic E-state index is 6.03. The van der Waals surface area contributed by atoms with Gasteiger partial charge >= 0.3 is 0 Å². The van der Waals surface area contributed by atoms with Crippen molar-refractivity contribution in [3.05, 3.63) is 11.6 Å². The van der Waals surface area contributed by atoms with Crippen LogP contribution >= 0.6 is 22.9 Å². The topological polar surface area (TPSA) is 16.1 Å². The molecule has 0 aliphatic carbocycles. The summed E-state index contributed by atoms with van der Waals surface area (Å²) in [6, 6.07) is 0. The van der Waals surface area contributed by atoms with Gasteiger partial charge in [-0.05, 0) is 5.92 Å². The van der Waals surface area contributed by atoms with Gasteiger partial charge in [0.15, 0.2) is 5.13 Å². The van der Waals surface area contributed by atoms with Crippen LogP contribution in [0.25, 0.3) is 0 Å². The van der Waals surface area contributed by atoms with Gasteiger partial charge in [0.25, 0.3) is 0 Å². The van der Waals surface area contributed by atoms with Crippen molar-refractivity contribution < 1.29 is 0 Å². The van der Waals surface area contributed by atoms with Gasteiger partial charge in [-0.1, -0.05) is 13.8 Å². The predicted molar refractivity (Wildman–Crippen MR) is 62.3 cm³/mol. The Morgan fingerprint density at radius 3 is 3.07 bits per heavy atom. The zero-order valence-corrected chi connectivity index (χ0v) is 10.1. The van der Waals surface area contributed by atoms with Gasteiger partial charge in [-0.25, -0.2) is 4.98 Å². The Kier molecular flexibility index (Phi) is 2.71. The minimum absolute atomic E-state index is 0.243. The summed E-state index contributed by atoms with van der Waals surface area (Å²) in [5.41, 5.74) is 0.243. The first kappa shape index (κ1) is 10.2. The lowest BCUT2D eigenvalue weighted by atomic mass is 9.83. The smallest absolute Gasteiger partial charge is 0.185 e. The Labute approximate surface area is 93.9 Å². The van der Waals surface area contributed by atoms with Crippen molar-refractivity contribution >= 4 is 28.1 Å². The molecule has 2 heterocycles. The molecule has 1 aliphatic rings. The zero-order chi connectivity index (χ0) is 10.2.